The number of benzene rings is 1. The zero-order chi connectivity index (χ0) is 21.1. The number of esters is 1. The van der Waals surface area contributed by atoms with Gasteiger partial charge in [-0.3, -0.25) is 4.79 Å². The molecule has 1 aromatic carbocycles. The zero-order valence-corrected chi connectivity index (χ0v) is 18.0. The predicted molar refractivity (Wildman–Crippen MR) is 111 cm³/mol. The Labute approximate surface area is 178 Å². The van der Waals surface area contributed by atoms with E-state index in [0.717, 1.165) is 51.4 Å². The molecule has 0 aromatic heterocycles. The lowest BCUT2D eigenvalue weighted by Gasteiger charge is -2.40. The van der Waals surface area contributed by atoms with E-state index in [0.29, 0.717) is 36.5 Å². The van der Waals surface area contributed by atoms with Crippen LogP contribution in [0, 0.1) is 35.3 Å². The number of hydrogen-bond acceptors (Lipinski definition) is 3. The van der Waals surface area contributed by atoms with Crippen molar-refractivity contribution < 1.29 is 23.0 Å². The molecule has 1 saturated heterocycles. The Hall–Kier alpha value is -1.65. The Balaban J connectivity index is 1.29. The van der Waals surface area contributed by atoms with Crippen LogP contribution in [0.4, 0.5) is 8.78 Å². The molecular formula is C25H34F2O3. The first-order chi connectivity index (χ1) is 14.6. The molecule has 30 heavy (non-hydrogen) atoms. The Morgan fingerprint density at radius 1 is 0.900 bits per heavy atom. The van der Waals surface area contributed by atoms with Gasteiger partial charge in [0.25, 0.3) is 0 Å². The summed E-state index contributed by atoms with van der Waals surface area (Å²) in [5.74, 6) is 0.542. The second kappa shape index (κ2) is 9.65. The molecule has 0 radical (unpaired) electrons. The van der Waals surface area contributed by atoms with Gasteiger partial charge in [-0.1, -0.05) is 6.07 Å². The maximum Gasteiger partial charge on any atom is 0.309 e. The monoisotopic (exact) mass is 420 g/mol. The van der Waals surface area contributed by atoms with Crippen molar-refractivity contribution in [3.8, 4) is 5.75 Å². The van der Waals surface area contributed by atoms with Gasteiger partial charge in [0.2, 0.25) is 5.82 Å². The van der Waals surface area contributed by atoms with E-state index in [-0.39, 0.29) is 23.6 Å². The topological polar surface area (TPSA) is 35.5 Å². The summed E-state index contributed by atoms with van der Waals surface area (Å²) in [6, 6.07) is 3.28. The maximum atomic E-state index is 14.6. The standard InChI is InChI=1S/C25H34F2O3/c1-2-29-22-14-13-20(23(26)24(22)27)18-9-5-16(6-10-18)17-7-11-19(12-8-17)21-4-3-15-30-25(21)28/h13-14,16-19,21H,2-12,15H2,1H3. The summed E-state index contributed by atoms with van der Waals surface area (Å²) in [7, 11) is 0. The van der Waals surface area contributed by atoms with Crippen LogP contribution in [0.2, 0.25) is 0 Å². The largest absolute Gasteiger partial charge is 0.491 e. The van der Waals surface area contributed by atoms with Crippen molar-refractivity contribution in [1.82, 2.24) is 0 Å². The molecule has 4 rings (SSSR count). The van der Waals surface area contributed by atoms with Crippen molar-refractivity contribution >= 4 is 5.97 Å². The number of ether oxygens (including phenoxy) is 2. The van der Waals surface area contributed by atoms with Gasteiger partial charge in [-0.05, 0) is 106 Å². The van der Waals surface area contributed by atoms with Crippen LogP contribution in [0.1, 0.15) is 82.6 Å². The van der Waals surface area contributed by atoms with Gasteiger partial charge in [-0.25, -0.2) is 4.39 Å². The molecule has 1 atom stereocenters. The lowest BCUT2D eigenvalue weighted by atomic mass is 9.66. The van der Waals surface area contributed by atoms with Gasteiger partial charge in [0.15, 0.2) is 11.6 Å². The van der Waals surface area contributed by atoms with Gasteiger partial charge in [0.1, 0.15) is 0 Å². The lowest BCUT2D eigenvalue weighted by molar-refractivity contribution is -0.156. The van der Waals surface area contributed by atoms with Crippen molar-refractivity contribution in [3.63, 3.8) is 0 Å². The number of cyclic esters (lactones) is 1. The Kier molecular flexibility index (Phi) is 6.94. The van der Waals surface area contributed by atoms with Crippen molar-refractivity contribution in [2.45, 2.75) is 77.0 Å². The molecule has 1 unspecified atom stereocenters. The number of carbonyl (C=O) groups excluding carboxylic acids is 1. The Morgan fingerprint density at radius 3 is 2.17 bits per heavy atom. The minimum atomic E-state index is -0.851. The first kappa shape index (κ1) is 21.6. The smallest absolute Gasteiger partial charge is 0.309 e. The minimum absolute atomic E-state index is 0.00560. The summed E-state index contributed by atoms with van der Waals surface area (Å²) in [5.41, 5.74) is 0.508. The highest BCUT2D eigenvalue weighted by atomic mass is 19.2. The van der Waals surface area contributed by atoms with E-state index in [4.69, 9.17) is 9.47 Å². The average molecular weight is 421 g/mol. The number of halogens is 2. The zero-order valence-electron chi connectivity index (χ0n) is 18.0. The Morgan fingerprint density at radius 2 is 1.53 bits per heavy atom. The summed E-state index contributed by atoms with van der Waals surface area (Å²) in [4.78, 5) is 12.1. The second-order valence-corrected chi connectivity index (χ2v) is 9.42. The lowest BCUT2D eigenvalue weighted by Crippen LogP contribution is -2.34. The third-order valence-electron chi connectivity index (χ3n) is 7.85. The van der Waals surface area contributed by atoms with Gasteiger partial charge < -0.3 is 9.47 Å². The van der Waals surface area contributed by atoms with Gasteiger partial charge in [-0.15, -0.1) is 0 Å². The van der Waals surface area contributed by atoms with E-state index in [2.05, 4.69) is 0 Å². The van der Waals surface area contributed by atoms with Crippen LogP contribution in [-0.4, -0.2) is 19.2 Å². The van der Waals surface area contributed by atoms with Gasteiger partial charge >= 0.3 is 5.97 Å². The van der Waals surface area contributed by atoms with Crippen molar-refractivity contribution in [2.75, 3.05) is 13.2 Å². The van der Waals surface area contributed by atoms with Gasteiger partial charge in [0, 0.05) is 0 Å². The van der Waals surface area contributed by atoms with Crippen LogP contribution in [0.3, 0.4) is 0 Å². The van der Waals surface area contributed by atoms with E-state index >= 15 is 0 Å². The Bertz CT molecular complexity index is 734. The molecule has 1 heterocycles. The fourth-order valence-corrected chi connectivity index (χ4v) is 6.18. The molecular weight excluding hydrogens is 386 g/mol. The van der Waals surface area contributed by atoms with E-state index < -0.39 is 11.6 Å². The predicted octanol–water partition coefficient (Wildman–Crippen LogP) is 6.40. The van der Waals surface area contributed by atoms with Crippen LogP contribution < -0.4 is 4.74 Å². The van der Waals surface area contributed by atoms with Crippen LogP contribution in [-0.2, 0) is 9.53 Å². The molecule has 2 saturated carbocycles. The molecule has 166 valence electrons. The number of carbonyl (C=O) groups is 1. The summed E-state index contributed by atoms with van der Waals surface area (Å²) >= 11 is 0. The molecule has 5 heteroatoms. The fourth-order valence-electron chi connectivity index (χ4n) is 6.18. The van der Waals surface area contributed by atoms with E-state index in [1.54, 1.807) is 19.1 Å². The molecule has 0 amide bonds. The molecule has 0 bridgehead atoms. The minimum Gasteiger partial charge on any atom is -0.491 e. The molecule has 0 N–H and O–H groups in total. The summed E-state index contributed by atoms with van der Waals surface area (Å²) in [6.45, 7) is 2.68. The molecule has 3 nitrogen and oxygen atoms in total. The third kappa shape index (κ3) is 4.50. The fraction of sp³-hybridized carbons (Fsp3) is 0.720. The molecule has 1 aliphatic heterocycles. The maximum absolute atomic E-state index is 14.6. The van der Waals surface area contributed by atoms with Crippen LogP contribution in [0.25, 0.3) is 0 Å². The van der Waals surface area contributed by atoms with Crippen LogP contribution >= 0.6 is 0 Å². The second-order valence-electron chi connectivity index (χ2n) is 9.42. The summed E-state index contributed by atoms with van der Waals surface area (Å²) < 4.78 is 39.3. The molecule has 3 fully saturated rings. The molecule has 1 aromatic rings. The average Bonchev–Trinajstić information content (AvgIpc) is 2.78. The SMILES string of the molecule is CCOc1ccc(C2CCC(C3CCC(C4CCCOC4=O)CC3)CC2)c(F)c1F. The van der Waals surface area contributed by atoms with Crippen molar-refractivity contribution in [2.24, 2.45) is 23.7 Å². The third-order valence-corrected chi connectivity index (χ3v) is 7.85. The van der Waals surface area contributed by atoms with Crippen molar-refractivity contribution in [3.05, 3.63) is 29.3 Å². The highest BCUT2D eigenvalue weighted by molar-refractivity contribution is 5.73. The number of hydrogen-bond donors (Lipinski definition) is 0. The van der Waals surface area contributed by atoms with Gasteiger partial charge in [-0.2, -0.15) is 4.39 Å². The highest BCUT2D eigenvalue weighted by Gasteiger charge is 2.37. The summed E-state index contributed by atoms with van der Waals surface area (Å²) in [6.07, 6.45) is 10.6. The molecule has 0 spiro atoms. The quantitative estimate of drug-likeness (QED) is 0.517. The first-order valence-corrected chi connectivity index (χ1v) is 11.9. The van der Waals surface area contributed by atoms with E-state index in [1.807, 2.05) is 0 Å². The highest BCUT2D eigenvalue weighted by Crippen LogP contribution is 2.46. The van der Waals surface area contributed by atoms with Crippen LogP contribution in [0.5, 0.6) is 5.75 Å². The number of rotatable bonds is 5. The van der Waals surface area contributed by atoms with E-state index in [9.17, 15) is 13.6 Å². The molecule has 3 aliphatic rings. The van der Waals surface area contributed by atoms with Crippen molar-refractivity contribution in [1.29, 1.82) is 0 Å². The van der Waals surface area contributed by atoms with Gasteiger partial charge in [0.05, 0.1) is 19.1 Å². The molecule has 2 aliphatic carbocycles. The first-order valence-electron chi connectivity index (χ1n) is 11.9. The normalized spacial score (nSPS) is 32.5. The van der Waals surface area contributed by atoms with E-state index in [1.165, 1.54) is 12.8 Å². The van der Waals surface area contributed by atoms with Crippen LogP contribution in [0.15, 0.2) is 12.1 Å². The summed E-state index contributed by atoms with van der Waals surface area (Å²) in [5, 5.41) is 0.